The Balaban J connectivity index is 1.67. The highest BCUT2D eigenvalue weighted by atomic mass is 19.4. The molecule has 0 aliphatic carbocycles. The maximum Gasteiger partial charge on any atom is 0.389 e. The third-order valence-corrected chi connectivity index (χ3v) is 6.62. The number of carbonyl (C=O) groups excluding carboxylic acids is 1. The molecule has 7 nitrogen and oxygen atoms in total. The molecule has 3 aromatic heterocycles. The number of aryl methyl sites for hydroxylation is 2. The van der Waals surface area contributed by atoms with Gasteiger partial charge in [0.15, 0.2) is 11.5 Å². The van der Waals surface area contributed by atoms with Gasteiger partial charge in [-0.15, -0.1) is 0 Å². The number of hydrogen-bond acceptors (Lipinski definition) is 5. The van der Waals surface area contributed by atoms with Crippen molar-refractivity contribution in [3.8, 4) is 11.5 Å². The topological polar surface area (TPSA) is 85.6 Å². The molecule has 1 amide bonds. The molecule has 1 aliphatic heterocycles. The van der Waals surface area contributed by atoms with Gasteiger partial charge in [-0.1, -0.05) is 18.2 Å². The summed E-state index contributed by atoms with van der Waals surface area (Å²) in [5.41, 5.74) is 0.437. The van der Waals surface area contributed by atoms with Gasteiger partial charge in [-0.2, -0.15) is 18.3 Å². The van der Waals surface area contributed by atoms with Gasteiger partial charge >= 0.3 is 6.18 Å². The van der Waals surface area contributed by atoms with Gasteiger partial charge in [-0.3, -0.25) is 4.79 Å². The molecule has 5 rings (SSSR count). The highest BCUT2D eigenvalue weighted by molar-refractivity contribution is 6.05. The standard InChI is InChI=1S/C26H23F5N6O/c1-13-17(28)11-15-20(36-37(23(15)32-13)12-14-7-4-5-8-16(14)27)22-33-18(9-6-10-26(29,30)31)19-21(34-22)35-24(38)25(19,2)3/h4-5,7-8,11H,6,9-10,12H2,1-3H3,(H,33,34,35,38). The van der Waals surface area contributed by atoms with Gasteiger partial charge in [0, 0.05) is 17.5 Å². The van der Waals surface area contributed by atoms with Crippen LogP contribution in [0.25, 0.3) is 22.6 Å². The Kier molecular flexibility index (Phi) is 6.15. The summed E-state index contributed by atoms with van der Waals surface area (Å²) in [7, 11) is 0. The predicted octanol–water partition coefficient (Wildman–Crippen LogP) is 5.64. The maximum absolute atomic E-state index is 14.6. The SMILES string of the molecule is Cc1nc2c(cc1F)c(-c1nc(CCCC(F)(F)F)c3c(n1)NC(=O)C3(C)C)nn2Cc1ccccc1F. The number of nitrogens with zero attached hydrogens (tertiary/aromatic N) is 5. The summed E-state index contributed by atoms with van der Waals surface area (Å²) in [6, 6.07) is 7.34. The summed E-state index contributed by atoms with van der Waals surface area (Å²) in [5, 5.41) is 7.45. The van der Waals surface area contributed by atoms with Crippen LogP contribution >= 0.6 is 0 Å². The van der Waals surface area contributed by atoms with Crippen LogP contribution < -0.4 is 5.32 Å². The monoisotopic (exact) mass is 530 g/mol. The summed E-state index contributed by atoms with van der Waals surface area (Å²) in [5.74, 6) is -1.27. The molecule has 0 fully saturated rings. The van der Waals surface area contributed by atoms with E-state index in [0.717, 1.165) is 0 Å². The molecule has 4 heterocycles. The minimum atomic E-state index is -4.34. The minimum absolute atomic E-state index is 0.00825. The van der Waals surface area contributed by atoms with Gasteiger partial charge in [0.2, 0.25) is 5.91 Å². The second kappa shape index (κ2) is 9.10. The minimum Gasteiger partial charge on any atom is -0.310 e. The fourth-order valence-electron chi connectivity index (χ4n) is 4.60. The van der Waals surface area contributed by atoms with E-state index in [9.17, 15) is 26.7 Å². The van der Waals surface area contributed by atoms with Crippen molar-refractivity contribution in [3.05, 3.63) is 64.5 Å². The fraction of sp³-hybridized carbons (Fsp3) is 0.346. The molecule has 1 aliphatic rings. The summed E-state index contributed by atoms with van der Waals surface area (Å²) in [4.78, 5) is 25.9. The Bertz CT molecular complexity index is 1580. The van der Waals surface area contributed by atoms with Gasteiger partial charge in [-0.05, 0) is 45.7 Å². The van der Waals surface area contributed by atoms with E-state index >= 15 is 0 Å². The number of hydrogen-bond donors (Lipinski definition) is 1. The normalized spacial score (nSPS) is 14.7. The first kappa shape index (κ1) is 25.7. The number of amides is 1. The molecule has 0 saturated carbocycles. The number of alkyl halides is 3. The van der Waals surface area contributed by atoms with Crippen LogP contribution in [-0.4, -0.2) is 36.8 Å². The van der Waals surface area contributed by atoms with Crippen molar-refractivity contribution in [2.45, 2.75) is 58.2 Å². The second-order valence-corrected chi connectivity index (χ2v) is 9.79. The van der Waals surface area contributed by atoms with Crippen LogP contribution in [0.5, 0.6) is 0 Å². The van der Waals surface area contributed by atoms with Crippen molar-refractivity contribution in [1.29, 1.82) is 0 Å². The summed E-state index contributed by atoms with van der Waals surface area (Å²) in [6.07, 6.45) is -5.66. The molecule has 0 atom stereocenters. The van der Waals surface area contributed by atoms with Crippen molar-refractivity contribution in [1.82, 2.24) is 24.7 Å². The van der Waals surface area contributed by atoms with Crippen molar-refractivity contribution >= 4 is 22.8 Å². The number of anilines is 1. The maximum atomic E-state index is 14.6. The van der Waals surface area contributed by atoms with Crippen LogP contribution in [0.2, 0.25) is 0 Å². The molecule has 0 saturated heterocycles. The van der Waals surface area contributed by atoms with Gasteiger partial charge in [0.05, 0.1) is 28.7 Å². The Hall–Kier alpha value is -3.96. The fourth-order valence-corrected chi connectivity index (χ4v) is 4.60. The number of benzene rings is 1. The zero-order chi connectivity index (χ0) is 27.4. The Morgan fingerprint density at radius 2 is 1.79 bits per heavy atom. The highest BCUT2D eigenvalue weighted by Gasteiger charge is 2.42. The Labute approximate surface area is 214 Å². The summed E-state index contributed by atoms with van der Waals surface area (Å²) >= 11 is 0. The van der Waals surface area contributed by atoms with Gasteiger partial charge in [-0.25, -0.2) is 28.4 Å². The molecule has 0 bridgehead atoms. The molecular formula is C26H23F5N6O. The van der Waals surface area contributed by atoms with Crippen LogP contribution in [-0.2, 0) is 23.2 Å². The molecule has 0 radical (unpaired) electrons. The number of fused-ring (bicyclic) bond motifs is 2. The summed E-state index contributed by atoms with van der Waals surface area (Å²) < 4.78 is 69.0. The number of nitrogens with one attached hydrogen (secondary N) is 1. The Morgan fingerprint density at radius 3 is 2.50 bits per heavy atom. The third-order valence-electron chi connectivity index (χ3n) is 6.62. The average molecular weight is 531 g/mol. The first-order chi connectivity index (χ1) is 17.8. The van der Waals surface area contributed by atoms with Gasteiger partial charge < -0.3 is 5.32 Å². The van der Waals surface area contributed by atoms with E-state index in [1.54, 1.807) is 32.0 Å². The lowest BCUT2D eigenvalue weighted by atomic mass is 9.84. The lowest BCUT2D eigenvalue weighted by Crippen LogP contribution is -2.28. The number of carbonyl (C=O) groups is 1. The molecule has 0 spiro atoms. The van der Waals surface area contributed by atoms with Crippen molar-refractivity contribution in [2.24, 2.45) is 0 Å². The van der Waals surface area contributed by atoms with Gasteiger partial charge in [0.25, 0.3) is 0 Å². The molecular weight excluding hydrogens is 507 g/mol. The summed E-state index contributed by atoms with van der Waals surface area (Å²) in [6.45, 7) is 4.75. The van der Waals surface area contributed by atoms with E-state index in [1.165, 1.54) is 23.7 Å². The molecule has 198 valence electrons. The van der Waals surface area contributed by atoms with Gasteiger partial charge in [0.1, 0.15) is 23.1 Å². The smallest absolute Gasteiger partial charge is 0.310 e. The zero-order valence-corrected chi connectivity index (χ0v) is 20.7. The lowest BCUT2D eigenvalue weighted by Gasteiger charge is -2.18. The zero-order valence-electron chi connectivity index (χ0n) is 20.7. The number of halogens is 5. The van der Waals surface area contributed by atoms with Crippen molar-refractivity contribution in [3.63, 3.8) is 0 Å². The molecule has 1 aromatic carbocycles. The second-order valence-electron chi connectivity index (χ2n) is 9.79. The highest BCUT2D eigenvalue weighted by Crippen LogP contribution is 2.40. The molecule has 4 aromatic rings. The first-order valence-corrected chi connectivity index (χ1v) is 11.9. The van der Waals surface area contributed by atoms with Crippen LogP contribution in [0.4, 0.5) is 27.8 Å². The Morgan fingerprint density at radius 1 is 1.05 bits per heavy atom. The first-order valence-electron chi connectivity index (χ1n) is 11.9. The van der Waals surface area contributed by atoms with E-state index in [0.29, 0.717) is 11.1 Å². The number of aromatic nitrogens is 5. The number of rotatable bonds is 6. The molecule has 38 heavy (non-hydrogen) atoms. The van der Waals surface area contributed by atoms with E-state index in [-0.39, 0.29) is 65.1 Å². The van der Waals surface area contributed by atoms with E-state index < -0.39 is 29.6 Å². The van der Waals surface area contributed by atoms with Crippen molar-refractivity contribution in [2.75, 3.05) is 5.32 Å². The lowest BCUT2D eigenvalue weighted by molar-refractivity contribution is -0.135. The van der Waals surface area contributed by atoms with E-state index in [1.807, 2.05) is 0 Å². The van der Waals surface area contributed by atoms with Crippen LogP contribution in [0.15, 0.2) is 30.3 Å². The van der Waals surface area contributed by atoms with E-state index in [2.05, 4.69) is 25.4 Å². The van der Waals surface area contributed by atoms with Crippen LogP contribution in [0.3, 0.4) is 0 Å². The predicted molar refractivity (Wildman–Crippen MR) is 129 cm³/mol. The largest absolute Gasteiger partial charge is 0.389 e. The average Bonchev–Trinajstić information content (AvgIpc) is 3.28. The molecule has 1 N–H and O–H groups in total. The van der Waals surface area contributed by atoms with Crippen LogP contribution in [0.1, 0.15) is 49.2 Å². The quantitative estimate of drug-likeness (QED) is 0.326. The van der Waals surface area contributed by atoms with Crippen molar-refractivity contribution < 1.29 is 26.7 Å². The number of pyridine rings is 1. The molecule has 0 unspecified atom stereocenters. The molecule has 12 heteroatoms. The van der Waals surface area contributed by atoms with E-state index in [4.69, 9.17) is 0 Å². The van der Waals surface area contributed by atoms with Crippen LogP contribution in [0, 0.1) is 18.6 Å². The third kappa shape index (κ3) is 4.59.